The predicted octanol–water partition coefficient (Wildman–Crippen LogP) is 1.80. The summed E-state index contributed by atoms with van der Waals surface area (Å²) in [4.78, 5) is 11.8. The molecule has 0 heterocycles. The summed E-state index contributed by atoms with van der Waals surface area (Å²) in [5.41, 5.74) is 2.84. The molecule has 0 aliphatic rings. The van der Waals surface area contributed by atoms with E-state index >= 15 is 0 Å². The van der Waals surface area contributed by atoms with Crippen LogP contribution in [0.5, 0.6) is 0 Å². The third kappa shape index (κ3) is 3.66. The number of hydrogen-bond acceptors (Lipinski definition) is 2. The average molecular weight is 221 g/mol. The van der Waals surface area contributed by atoms with Crippen molar-refractivity contribution in [3.8, 4) is 0 Å². The maximum Gasteiger partial charge on any atom is 0.251 e. The number of nitrogens with one attached hydrogen (secondary N) is 1. The topological polar surface area (TPSA) is 49.3 Å². The molecule has 1 unspecified atom stereocenters. The molecular weight excluding hydrogens is 202 g/mol. The van der Waals surface area contributed by atoms with Gasteiger partial charge in [-0.05, 0) is 38.8 Å². The van der Waals surface area contributed by atoms with E-state index in [0.717, 1.165) is 11.1 Å². The average Bonchev–Trinajstić information content (AvgIpc) is 2.16. The molecule has 3 nitrogen and oxygen atoms in total. The van der Waals surface area contributed by atoms with Crippen LogP contribution in [0.1, 0.15) is 34.8 Å². The lowest BCUT2D eigenvalue weighted by atomic mass is 10.1. The van der Waals surface area contributed by atoms with Gasteiger partial charge < -0.3 is 10.4 Å². The van der Waals surface area contributed by atoms with E-state index in [1.54, 1.807) is 6.92 Å². The lowest BCUT2D eigenvalue weighted by molar-refractivity contribution is 0.0945. The fourth-order valence-electron chi connectivity index (χ4n) is 1.56. The predicted molar refractivity (Wildman–Crippen MR) is 64.5 cm³/mol. The van der Waals surface area contributed by atoms with Crippen LogP contribution in [0, 0.1) is 13.8 Å². The van der Waals surface area contributed by atoms with Gasteiger partial charge in [-0.25, -0.2) is 0 Å². The number of aryl methyl sites for hydroxylation is 2. The van der Waals surface area contributed by atoms with Gasteiger partial charge in [-0.2, -0.15) is 0 Å². The molecule has 0 fully saturated rings. The van der Waals surface area contributed by atoms with Crippen molar-refractivity contribution in [2.75, 3.05) is 6.54 Å². The highest BCUT2D eigenvalue weighted by atomic mass is 16.3. The molecule has 1 rings (SSSR count). The molecule has 88 valence electrons. The van der Waals surface area contributed by atoms with Gasteiger partial charge in [0, 0.05) is 12.1 Å². The Hall–Kier alpha value is -1.35. The van der Waals surface area contributed by atoms with Crippen LogP contribution >= 0.6 is 0 Å². The van der Waals surface area contributed by atoms with E-state index < -0.39 is 0 Å². The van der Waals surface area contributed by atoms with Crippen molar-refractivity contribution < 1.29 is 9.90 Å². The zero-order valence-electron chi connectivity index (χ0n) is 10.1. The quantitative estimate of drug-likeness (QED) is 0.814. The van der Waals surface area contributed by atoms with Crippen LogP contribution in [0.15, 0.2) is 18.2 Å². The summed E-state index contributed by atoms with van der Waals surface area (Å²) in [5, 5.41) is 11.9. The molecule has 0 aliphatic heterocycles. The van der Waals surface area contributed by atoms with Crippen LogP contribution in [0.25, 0.3) is 0 Å². The summed E-state index contributed by atoms with van der Waals surface area (Å²) in [6, 6.07) is 5.75. The van der Waals surface area contributed by atoms with Crippen molar-refractivity contribution >= 4 is 5.91 Å². The lowest BCUT2D eigenvalue weighted by Gasteiger charge is -2.09. The highest BCUT2D eigenvalue weighted by Gasteiger charge is 2.08. The molecule has 16 heavy (non-hydrogen) atoms. The standard InChI is InChI=1S/C13H19NO2/c1-9-4-5-12(10(2)8-9)13(16)14-7-6-11(3)15/h4-5,8,11,15H,6-7H2,1-3H3,(H,14,16). The third-order valence-electron chi connectivity index (χ3n) is 2.47. The van der Waals surface area contributed by atoms with Crippen molar-refractivity contribution in [1.82, 2.24) is 5.32 Å². The number of benzene rings is 1. The fourth-order valence-corrected chi connectivity index (χ4v) is 1.56. The molecule has 0 bridgehead atoms. The first kappa shape index (κ1) is 12.7. The molecule has 1 amide bonds. The van der Waals surface area contributed by atoms with Crippen LogP contribution in [0.2, 0.25) is 0 Å². The van der Waals surface area contributed by atoms with Gasteiger partial charge in [-0.15, -0.1) is 0 Å². The molecule has 0 spiro atoms. The maximum absolute atomic E-state index is 11.8. The smallest absolute Gasteiger partial charge is 0.251 e. The number of aliphatic hydroxyl groups is 1. The molecule has 0 saturated heterocycles. The van der Waals surface area contributed by atoms with Gasteiger partial charge in [0.05, 0.1) is 6.10 Å². The van der Waals surface area contributed by atoms with E-state index in [2.05, 4.69) is 5.32 Å². The largest absolute Gasteiger partial charge is 0.393 e. The molecule has 0 aliphatic carbocycles. The number of rotatable bonds is 4. The number of amides is 1. The summed E-state index contributed by atoms with van der Waals surface area (Å²) >= 11 is 0. The molecule has 1 atom stereocenters. The first-order valence-corrected chi connectivity index (χ1v) is 5.54. The van der Waals surface area contributed by atoms with Crippen LogP contribution < -0.4 is 5.32 Å². The third-order valence-corrected chi connectivity index (χ3v) is 2.47. The van der Waals surface area contributed by atoms with Gasteiger partial charge >= 0.3 is 0 Å². The maximum atomic E-state index is 11.8. The van der Waals surface area contributed by atoms with Crippen molar-refractivity contribution in [3.63, 3.8) is 0 Å². The van der Waals surface area contributed by atoms with Crippen LogP contribution in [-0.4, -0.2) is 23.7 Å². The Balaban J connectivity index is 2.59. The molecule has 2 N–H and O–H groups in total. The molecule has 1 aromatic carbocycles. The van der Waals surface area contributed by atoms with Gasteiger partial charge in [0.15, 0.2) is 0 Å². The van der Waals surface area contributed by atoms with Gasteiger partial charge in [-0.3, -0.25) is 4.79 Å². The Kier molecular flexibility index (Phi) is 4.50. The zero-order chi connectivity index (χ0) is 12.1. The number of hydrogen-bond donors (Lipinski definition) is 2. The molecule has 3 heteroatoms. The molecule has 1 aromatic rings. The van der Waals surface area contributed by atoms with Crippen LogP contribution in [-0.2, 0) is 0 Å². The minimum Gasteiger partial charge on any atom is -0.393 e. The minimum absolute atomic E-state index is 0.0712. The zero-order valence-corrected chi connectivity index (χ0v) is 10.1. The normalized spacial score (nSPS) is 12.2. The Morgan fingerprint density at radius 3 is 2.69 bits per heavy atom. The Morgan fingerprint density at radius 1 is 1.44 bits per heavy atom. The van der Waals surface area contributed by atoms with Gasteiger partial charge in [0.1, 0.15) is 0 Å². The lowest BCUT2D eigenvalue weighted by Crippen LogP contribution is -2.27. The first-order chi connectivity index (χ1) is 7.50. The van der Waals surface area contributed by atoms with Crippen molar-refractivity contribution in [3.05, 3.63) is 34.9 Å². The van der Waals surface area contributed by atoms with Crippen molar-refractivity contribution in [2.24, 2.45) is 0 Å². The van der Waals surface area contributed by atoms with Gasteiger partial charge in [0.2, 0.25) is 0 Å². The summed E-state index contributed by atoms with van der Waals surface area (Å²) in [5.74, 6) is -0.0712. The highest BCUT2D eigenvalue weighted by molar-refractivity contribution is 5.95. The Bertz CT molecular complexity index is 372. The van der Waals surface area contributed by atoms with E-state index in [0.29, 0.717) is 18.5 Å². The van der Waals surface area contributed by atoms with Crippen molar-refractivity contribution in [1.29, 1.82) is 0 Å². The fraction of sp³-hybridized carbons (Fsp3) is 0.462. The van der Waals surface area contributed by atoms with E-state index in [-0.39, 0.29) is 12.0 Å². The van der Waals surface area contributed by atoms with Crippen LogP contribution in [0.4, 0.5) is 0 Å². The SMILES string of the molecule is Cc1ccc(C(=O)NCCC(C)O)c(C)c1. The first-order valence-electron chi connectivity index (χ1n) is 5.54. The Labute approximate surface area is 96.5 Å². The van der Waals surface area contributed by atoms with Crippen molar-refractivity contribution in [2.45, 2.75) is 33.3 Å². The summed E-state index contributed by atoms with van der Waals surface area (Å²) in [6.07, 6.45) is 0.204. The molecular formula is C13H19NO2. The van der Waals surface area contributed by atoms with E-state index in [4.69, 9.17) is 5.11 Å². The Morgan fingerprint density at radius 2 is 2.12 bits per heavy atom. The van der Waals surface area contributed by atoms with E-state index in [1.165, 1.54) is 0 Å². The van der Waals surface area contributed by atoms with Gasteiger partial charge in [0.25, 0.3) is 5.91 Å². The highest BCUT2D eigenvalue weighted by Crippen LogP contribution is 2.10. The van der Waals surface area contributed by atoms with E-state index in [1.807, 2.05) is 32.0 Å². The van der Waals surface area contributed by atoms with Crippen LogP contribution in [0.3, 0.4) is 0 Å². The molecule has 0 saturated carbocycles. The number of carbonyl (C=O) groups excluding carboxylic acids is 1. The number of carbonyl (C=O) groups is 1. The summed E-state index contributed by atoms with van der Waals surface area (Å²) < 4.78 is 0. The minimum atomic E-state index is -0.376. The second kappa shape index (κ2) is 5.66. The number of aliphatic hydroxyl groups excluding tert-OH is 1. The summed E-state index contributed by atoms with van der Waals surface area (Å²) in [7, 11) is 0. The van der Waals surface area contributed by atoms with Gasteiger partial charge in [-0.1, -0.05) is 17.7 Å². The van der Waals surface area contributed by atoms with E-state index in [9.17, 15) is 4.79 Å². The molecule has 0 aromatic heterocycles. The monoisotopic (exact) mass is 221 g/mol. The second-order valence-corrected chi connectivity index (χ2v) is 4.21. The molecule has 0 radical (unpaired) electrons. The second-order valence-electron chi connectivity index (χ2n) is 4.21. The summed E-state index contributed by atoms with van der Waals surface area (Å²) in [6.45, 7) is 6.14.